The third-order valence-corrected chi connectivity index (χ3v) is 4.50. The van der Waals surface area contributed by atoms with Gasteiger partial charge in [-0.3, -0.25) is 4.79 Å². The highest BCUT2D eigenvalue weighted by Crippen LogP contribution is 2.32. The number of carbonyl (C=O) groups excluding carboxylic acids is 2. The van der Waals surface area contributed by atoms with Gasteiger partial charge in [-0.05, 0) is 63.7 Å². The zero-order valence-corrected chi connectivity index (χ0v) is 18.6. The fraction of sp³-hybridized carbons (Fsp3) is 0.364. The van der Waals surface area contributed by atoms with Crippen molar-refractivity contribution in [2.75, 3.05) is 13.7 Å². The van der Waals surface area contributed by atoms with Crippen molar-refractivity contribution in [3.8, 4) is 16.9 Å². The van der Waals surface area contributed by atoms with Gasteiger partial charge in [-0.25, -0.2) is 13.7 Å². The second-order valence-corrected chi connectivity index (χ2v) is 8.17. The van der Waals surface area contributed by atoms with Gasteiger partial charge in [0.25, 0.3) is 0 Å². The molecule has 0 saturated heterocycles. The lowest BCUT2D eigenvalue weighted by Crippen LogP contribution is -2.27. The number of nitrogens with one attached hydrogen (secondary N) is 1. The predicted molar refractivity (Wildman–Crippen MR) is 115 cm³/mol. The molecule has 0 radical (unpaired) electrons. The molecule has 29 heavy (non-hydrogen) atoms. The van der Waals surface area contributed by atoms with Crippen molar-refractivity contribution < 1.29 is 23.3 Å². The standard InChI is InChI=1S/C20H23NO5S.C2H6/c1-20(2,3)26-19(23)13-25-18-9-8-14(12-22)10-17(18)15-6-5-7-16(11-15)27(24)21-4;1-2/h5-12,21H,13H2,1-4H3;1-2H3. The molecule has 0 aliphatic carbocycles. The number of ether oxygens (including phenoxy) is 2. The number of carbonyl (C=O) groups is 2. The molecule has 1 atom stereocenters. The Morgan fingerprint density at radius 1 is 1.14 bits per heavy atom. The number of benzene rings is 2. The van der Waals surface area contributed by atoms with Crippen LogP contribution in [0.25, 0.3) is 11.1 Å². The molecule has 158 valence electrons. The first-order chi connectivity index (χ1) is 13.7. The molecule has 0 saturated carbocycles. The van der Waals surface area contributed by atoms with Crippen LogP contribution in [0.5, 0.6) is 5.75 Å². The second-order valence-electron chi connectivity index (χ2n) is 6.75. The third-order valence-electron chi connectivity index (χ3n) is 3.45. The maximum Gasteiger partial charge on any atom is 0.344 e. The highest BCUT2D eigenvalue weighted by molar-refractivity contribution is 7.83. The van der Waals surface area contributed by atoms with Gasteiger partial charge in [-0.15, -0.1) is 0 Å². The fourth-order valence-electron chi connectivity index (χ4n) is 2.38. The lowest BCUT2D eigenvalue weighted by atomic mass is 10.0. The molecular formula is C22H29NO5S. The van der Waals surface area contributed by atoms with Crippen molar-refractivity contribution >= 4 is 23.2 Å². The van der Waals surface area contributed by atoms with E-state index in [1.807, 2.05) is 19.9 Å². The van der Waals surface area contributed by atoms with E-state index in [4.69, 9.17) is 9.47 Å². The lowest BCUT2D eigenvalue weighted by molar-refractivity contribution is -0.157. The molecule has 0 spiro atoms. The average Bonchev–Trinajstić information content (AvgIpc) is 2.71. The maximum atomic E-state index is 12.0. The number of hydrogen-bond donors (Lipinski definition) is 1. The van der Waals surface area contributed by atoms with Gasteiger partial charge >= 0.3 is 5.97 Å². The van der Waals surface area contributed by atoms with Crippen LogP contribution in [0.4, 0.5) is 0 Å². The topological polar surface area (TPSA) is 81.7 Å². The molecule has 6 nitrogen and oxygen atoms in total. The Bertz CT molecular complexity index is 859. The van der Waals surface area contributed by atoms with Gasteiger partial charge in [0, 0.05) is 11.1 Å². The van der Waals surface area contributed by atoms with Crippen molar-refractivity contribution in [3.05, 3.63) is 48.0 Å². The van der Waals surface area contributed by atoms with Gasteiger partial charge < -0.3 is 9.47 Å². The van der Waals surface area contributed by atoms with Crippen LogP contribution in [-0.4, -0.2) is 35.7 Å². The number of esters is 1. The quantitative estimate of drug-likeness (QED) is 0.538. The van der Waals surface area contributed by atoms with Crippen LogP contribution >= 0.6 is 0 Å². The van der Waals surface area contributed by atoms with E-state index in [1.165, 1.54) is 0 Å². The third kappa shape index (κ3) is 7.79. The normalized spacial score (nSPS) is 11.7. The molecule has 2 aromatic rings. The monoisotopic (exact) mass is 419 g/mol. The summed E-state index contributed by atoms with van der Waals surface area (Å²) in [5.74, 6) is -0.0585. The molecule has 0 aromatic heterocycles. The predicted octanol–water partition coefficient (Wildman–Crippen LogP) is 4.15. The number of rotatable bonds is 7. The summed E-state index contributed by atoms with van der Waals surface area (Å²) in [4.78, 5) is 23.7. The Morgan fingerprint density at radius 3 is 2.41 bits per heavy atom. The summed E-state index contributed by atoms with van der Waals surface area (Å²) >= 11 is 0. The van der Waals surface area contributed by atoms with Crippen LogP contribution in [0.15, 0.2) is 47.4 Å². The molecule has 0 heterocycles. The Morgan fingerprint density at radius 2 is 1.83 bits per heavy atom. The fourth-order valence-corrected chi connectivity index (χ4v) is 3.05. The van der Waals surface area contributed by atoms with Crippen molar-refractivity contribution in [2.45, 2.75) is 45.1 Å². The Labute approximate surface area is 175 Å². The van der Waals surface area contributed by atoms with Crippen LogP contribution in [0, 0.1) is 0 Å². The van der Waals surface area contributed by atoms with Crippen LogP contribution in [0.1, 0.15) is 45.0 Å². The van der Waals surface area contributed by atoms with Gasteiger partial charge in [0.15, 0.2) is 6.61 Å². The Kier molecular flexibility index (Phi) is 9.71. The Balaban J connectivity index is 0.00000204. The molecule has 7 heteroatoms. The summed E-state index contributed by atoms with van der Waals surface area (Å²) in [6.07, 6.45) is 0.733. The van der Waals surface area contributed by atoms with Gasteiger partial charge in [0.1, 0.15) is 28.6 Å². The molecule has 1 unspecified atom stereocenters. The molecule has 2 aromatic carbocycles. The van der Waals surface area contributed by atoms with E-state index in [-0.39, 0.29) is 6.61 Å². The summed E-state index contributed by atoms with van der Waals surface area (Å²) in [6, 6.07) is 12.0. The van der Waals surface area contributed by atoms with E-state index in [9.17, 15) is 13.8 Å². The first-order valence-corrected chi connectivity index (χ1v) is 10.5. The smallest absolute Gasteiger partial charge is 0.344 e. The molecule has 0 bridgehead atoms. The first kappa shape index (κ1) is 24.5. The molecule has 1 N–H and O–H groups in total. The second kappa shape index (κ2) is 11.5. The average molecular weight is 420 g/mol. The van der Waals surface area contributed by atoms with E-state index >= 15 is 0 Å². The Hall–Kier alpha value is -2.51. The zero-order chi connectivity index (χ0) is 22.0. The zero-order valence-electron chi connectivity index (χ0n) is 17.8. The van der Waals surface area contributed by atoms with E-state index in [0.717, 1.165) is 11.8 Å². The van der Waals surface area contributed by atoms with Crippen molar-refractivity contribution in [3.63, 3.8) is 0 Å². The SMILES string of the molecule is CC.CNS(=O)c1cccc(-c2cc(C=O)ccc2OCC(=O)OC(C)(C)C)c1. The van der Waals surface area contributed by atoms with Crippen molar-refractivity contribution in [1.82, 2.24) is 4.72 Å². The van der Waals surface area contributed by atoms with Crippen LogP contribution in [0.2, 0.25) is 0 Å². The summed E-state index contributed by atoms with van der Waals surface area (Å²) < 4.78 is 25.6. The minimum absolute atomic E-state index is 0.257. The van der Waals surface area contributed by atoms with E-state index < -0.39 is 22.6 Å². The van der Waals surface area contributed by atoms with Crippen LogP contribution < -0.4 is 9.46 Å². The number of hydrogen-bond acceptors (Lipinski definition) is 5. The molecular weight excluding hydrogens is 390 g/mol. The van der Waals surface area contributed by atoms with E-state index in [1.54, 1.807) is 64.2 Å². The van der Waals surface area contributed by atoms with Crippen molar-refractivity contribution in [2.24, 2.45) is 0 Å². The first-order valence-electron chi connectivity index (χ1n) is 9.37. The highest BCUT2D eigenvalue weighted by Gasteiger charge is 2.18. The summed E-state index contributed by atoms with van der Waals surface area (Å²) in [7, 11) is 0.257. The van der Waals surface area contributed by atoms with Gasteiger partial charge in [-0.2, -0.15) is 0 Å². The van der Waals surface area contributed by atoms with Crippen LogP contribution in [-0.2, 0) is 20.5 Å². The van der Waals surface area contributed by atoms with Gasteiger partial charge in [-0.1, -0.05) is 26.0 Å². The molecule has 0 aliphatic rings. The maximum absolute atomic E-state index is 12.0. The van der Waals surface area contributed by atoms with Crippen LogP contribution in [0.3, 0.4) is 0 Å². The summed E-state index contributed by atoms with van der Waals surface area (Å²) in [5, 5.41) is 0. The molecule has 0 fully saturated rings. The van der Waals surface area contributed by atoms with E-state index in [0.29, 0.717) is 21.8 Å². The lowest BCUT2D eigenvalue weighted by Gasteiger charge is -2.20. The van der Waals surface area contributed by atoms with Crippen molar-refractivity contribution in [1.29, 1.82) is 0 Å². The summed E-state index contributed by atoms with van der Waals surface area (Å²) in [6.45, 7) is 9.08. The molecule has 2 rings (SSSR count). The summed E-state index contributed by atoms with van der Waals surface area (Å²) in [5.41, 5.74) is 1.21. The van der Waals surface area contributed by atoms with E-state index in [2.05, 4.69) is 4.72 Å². The number of aldehydes is 1. The molecule has 0 aliphatic heterocycles. The molecule has 0 amide bonds. The minimum atomic E-state index is -1.35. The highest BCUT2D eigenvalue weighted by atomic mass is 32.2. The largest absolute Gasteiger partial charge is 0.481 e. The van der Waals surface area contributed by atoms with Gasteiger partial charge in [0.05, 0.1) is 4.90 Å². The van der Waals surface area contributed by atoms with Gasteiger partial charge in [0.2, 0.25) is 0 Å². The minimum Gasteiger partial charge on any atom is -0.481 e.